The summed E-state index contributed by atoms with van der Waals surface area (Å²) in [4.78, 5) is 36.2. The van der Waals surface area contributed by atoms with Crippen molar-refractivity contribution in [3.05, 3.63) is 71.3 Å². The van der Waals surface area contributed by atoms with E-state index in [2.05, 4.69) is 10.1 Å². The zero-order valence-corrected chi connectivity index (χ0v) is 16.3. The summed E-state index contributed by atoms with van der Waals surface area (Å²) in [6, 6.07) is 15.2. The van der Waals surface area contributed by atoms with Crippen LogP contribution in [0.5, 0.6) is 0 Å². The quantitative estimate of drug-likeness (QED) is 0.709. The maximum Gasteiger partial charge on any atom is 0.337 e. The maximum atomic E-state index is 12.5. The van der Waals surface area contributed by atoms with Crippen molar-refractivity contribution in [1.29, 1.82) is 0 Å². The predicted molar refractivity (Wildman–Crippen MR) is 104 cm³/mol. The van der Waals surface area contributed by atoms with Gasteiger partial charge in [0, 0.05) is 0 Å². The lowest BCUT2D eigenvalue weighted by atomic mass is 10.0. The van der Waals surface area contributed by atoms with Gasteiger partial charge in [-0.15, -0.1) is 0 Å². The van der Waals surface area contributed by atoms with Crippen molar-refractivity contribution in [2.45, 2.75) is 32.9 Å². The van der Waals surface area contributed by atoms with Crippen molar-refractivity contribution >= 4 is 17.8 Å². The monoisotopic (exact) mass is 383 g/mol. The largest absolute Gasteiger partial charge is 0.465 e. The molecule has 2 aromatic rings. The molecule has 1 unspecified atom stereocenters. The van der Waals surface area contributed by atoms with Crippen LogP contribution in [-0.4, -0.2) is 31.0 Å². The summed E-state index contributed by atoms with van der Waals surface area (Å²) >= 11 is 0. The van der Waals surface area contributed by atoms with Crippen molar-refractivity contribution in [2.75, 3.05) is 7.11 Å². The highest BCUT2D eigenvalue weighted by Crippen LogP contribution is 2.10. The molecule has 28 heavy (non-hydrogen) atoms. The fourth-order valence-electron chi connectivity index (χ4n) is 2.60. The Hall–Kier alpha value is -3.15. The molecule has 0 radical (unpaired) electrons. The molecule has 1 N–H and O–H groups in total. The minimum Gasteiger partial charge on any atom is -0.465 e. The van der Waals surface area contributed by atoms with E-state index in [1.54, 1.807) is 24.3 Å². The molecule has 1 atom stereocenters. The van der Waals surface area contributed by atoms with Gasteiger partial charge in [0.05, 0.1) is 19.1 Å². The van der Waals surface area contributed by atoms with E-state index in [-0.39, 0.29) is 24.9 Å². The van der Waals surface area contributed by atoms with E-state index in [0.717, 1.165) is 11.1 Å². The molecule has 2 rings (SSSR count). The van der Waals surface area contributed by atoms with Gasteiger partial charge >= 0.3 is 11.9 Å². The number of esters is 2. The molecule has 0 saturated heterocycles. The molecule has 0 bridgehead atoms. The van der Waals surface area contributed by atoms with Gasteiger partial charge in [-0.05, 0) is 29.2 Å². The van der Waals surface area contributed by atoms with Crippen molar-refractivity contribution in [1.82, 2.24) is 5.32 Å². The Morgan fingerprint density at radius 2 is 1.57 bits per heavy atom. The van der Waals surface area contributed by atoms with E-state index in [9.17, 15) is 14.4 Å². The number of amides is 1. The molecular weight excluding hydrogens is 358 g/mol. The van der Waals surface area contributed by atoms with E-state index in [1.807, 2.05) is 44.2 Å². The first-order valence-electron chi connectivity index (χ1n) is 9.08. The zero-order chi connectivity index (χ0) is 20.5. The minimum absolute atomic E-state index is 0.0536. The van der Waals surface area contributed by atoms with Crippen LogP contribution in [-0.2, 0) is 32.1 Å². The Balaban J connectivity index is 1.91. The number of methoxy groups -OCH3 is 1. The fraction of sp³-hybridized carbons (Fsp3) is 0.318. The number of carbonyl (C=O) groups is 3. The third-order valence-electron chi connectivity index (χ3n) is 4.20. The molecule has 0 aliphatic rings. The summed E-state index contributed by atoms with van der Waals surface area (Å²) in [5.74, 6) is -1.27. The number of hydrogen-bond acceptors (Lipinski definition) is 5. The predicted octanol–water partition coefficient (Wildman–Crippen LogP) is 2.90. The van der Waals surface area contributed by atoms with Crippen LogP contribution in [0.1, 0.15) is 35.3 Å². The van der Waals surface area contributed by atoms with Gasteiger partial charge in [-0.3, -0.25) is 4.79 Å². The Bertz CT molecular complexity index is 799. The van der Waals surface area contributed by atoms with Crippen LogP contribution in [0.15, 0.2) is 54.6 Å². The summed E-state index contributed by atoms with van der Waals surface area (Å²) < 4.78 is 10.0. The molecule has 2 aromatic carbocycles. The first kappa shape index (κ1) is 21.2. The smallest absolute Gasteiger partial charge is 0.337 e. The van der Waals surface area contributed by atoms with E-state index in [0.29, 0.717) is 5.56 Å². The second-order valence-corrected chi connectivity index (χ2v) is 6.75. The van der Waals surface area contributed by atoms with Gasteiger partial charge in [0.1, 0.15) is 12.6 Å². The standard InChI is InChI=1S/C22H25NO5/c1-15(2)20(23-19(24)13-16-7-5-4-6-8-16)22(26)28-14-17-9-11-18(12-10-17)21(25)27-3/h4-12,15,20H,13-14H2,1-3H3,(H,23,24). The Morgan fingerprint density at radius 1 is 0.929 bits per heavy atom. The molecule has 0 saturated carbocycles. The second-order valence-electron chi connectivity index (χ2n) is 6.75. The van der Waals surface area contributed by atoms with E-state index in [1.165, 1.54) is 7.11 Å². The lowest BCUT2D eigenvalue weighted by Crippen LogP contribution is -2.45. The lowest BCUT2D eigenvalue weighted by molar-refractivity contribution is -0.150. The molecule has 0 aromatic heterocycles. The van der Waals surface area contributed by atoms with Crippen LogP contribution in [0.25, 0.3) is 0 Å². The van der Waals surface area contributed by atoms with Gasteiger partial charge in [0.25, 0.3) is 0 Å². The normalized spacial score (nSPS) is 11.6. The summed E-state index contributed by atoms with van der Waals surface area (Å²) in [6.07, 6.45) is 0.201. The highest BCUT2D eigenvalue weighted by Gasteiger charge is 2.25. The van der Waals surface area contributed by atoms with E-state index >= 15 is 0 Å². The Labute approximate surface area is 164 Å². The molecule has 6 heteroatoms. The van der Waals surface area contributed by atoms with Gasteiger partial charge in [-0.2, -0.15) is 0 Å². The molecule has 1 amide bonds. The SMILES string of the molecule is COC(=O)c1ccc(COC(=O)C(NC(=O)Cc2ccccc2)C(C)C)cc1. The molecule has 0 heterocycles. The van der Waals surface area contributed by atoms with Crippen LogP contribution in [0.2, 0.25) is 0 Å². The van der Waals surface area contributed by atoms with E-state index < -0.39 is 18.0 Å². The average molecular weight is 383 g/mol. The highest BCUT2D eigenvalue weighted by atomic mass is 16.5. The van der Waals surface area contributed by atoms with Gasteiger partial charge in [0.15, 0.2) is 0 Å². The number of rotatable bonds is 8. The summed E-state index contributed by atoms with van der Waals surface area (Å²) in [5.41, 5.74) is 2.03. The first-order valence-corrected chi connectivity index (χ1v) is 9.08. The lowest BCUT2D eigenvalue weighted by Gasteiger charge is -2.21. The van der Waals surface area contributed by atoms with Crippen LogP contribution in [0.3, 0.4) is 0 Å². The van der Waals surface area contributed by atoms with Crippen molar-refractivity contribution in [2.24, 2.45) is 5.92 Å². The van der Waals surface area contributed by atoms with Gasteiger partial charge < -0.3 is 14.8 Å². The maximum absolute atomic E-state index is 12.5. The van der Waals surface area contributed by atoms with Gasteiger partial charge in [-0.1, -0.05) is 56.3 Å². The number of benzene rings is 2. The fourth-order valence-corrected chi connectivity index (χ4v) is 2.60. The van der Waals surface area contributed by atoms with Gasteiger partial charge in [0.2, 0.25) is 5.91 Å². The summed E-state index contributed by atoms with van der Waals surface area (Å²) in [7, 11) is 1.32. The first-order chi connectivity index (χ1) is 13.4. The van der Waals surface area contributed by atoms with Crippen LogP contribution < -0.4 is 5.32 Å². The third-order valence-corrected chi connectivity index (χ3v) is 4.20. The Kier molecular flexibility index (Phi) is 7.75. The molecule has 148 valence electrons. The molecule has 0 aliphatic heterocycles. The summed E-state index contributed by atoms with van der Waals surface area (Å²) in [5, 5.41) is 2.76. The van der Waals surface area contributed by atoms with Crippen LogP contribution >= 0.6 is 0 Å². The van der Waals surface area contributed by atoms with Crippen LogP contribution in [0.4, 0.5) is 0 Å². The zero-order valence-electron chi connectivity index (χ0n) is 16.3. The number of ether oxygens (including phenoxy) is 2. The molecule has 0 fully saturated rings. The molecule has 0 aliphatic carbocycles. The minimum atomic E-state index is -0.731. The van der Waals surface area contributed by atoms with Gasteiger partial charge in [-0.25, -0.2) is 9.59 Å². The third kappa shape index (κ3) is 6.23. The van der Waals surface area contributed by atoms with Crippen LogP contribution in [0, 0.1) is 5.92 Å². The van der Waals surface area contributed by atoms with E-state index in [4.69, 9.17) is 4.74 Å². The van der Waals surface area contributed by atoms with Crippen molar-refractivity contribution in [3.8, 4) is 0 Å². The molecular formula is C22H25NO5. The average Bonchev–Trinajstić information content (AvgIpc) is 2.70. The number of nitrogens with one attached hydrogen (secondary N) is 1. The molecule has 0 spiro atoms. The number of carbonyl (C=O) groups excluding carboxylic acids is 3. The summed E-state index contributed by atoms with van der Waals surface area (Å²) in [6.45, 7) is 3.75. The van der Waals surface area contributed by atoms with Crippen molar-refractivity contribution < 1.29 is 23.9 Å². The Morgan fingerprint density at radius 3 is 2.14 bits per heavy atom. The highest BCUT2D eigenvalue weighted by molar-refractivity contribution is 5.89. The number of hydrogen-bond donors (Lipinski definition) is 1. The second kappa shape index (κ2) is 10.3. The molecule has 6 nitrogen and oxygen atoms in total. The topological polar surface area (TPSA) is 81.7 Å². The van der Waals surface area contributed by atoms with Crippen molar-refractivity contribution in [3.63, 3.8) is 0 Å².